The van der Waals surface area contributed by atoms with E-state index in [1.807, 2.05) is 13.0 Å². The highest BCUT2D eigenvalue weighted by Gasteiger charge is 2.32. The SMILES string of the molecule is CCOc1cc(C2C(C#N)=C(N)Oc3cc(OC(=O)c4ccccc4)ccc32)ccc1OCc1ccccc1F. The van der Waals surface area contributed by atoms with Crippen molar-refractivity contribution in [1.82, 2.24) is 0 Å². The summed E-state index contributed by atoms with van der Waals surface area (Å²) in [5, 5.41) is 9.95. The van der Waals surface area contributed by atoms with Crippen LogP contribution < -0.4 is 24.7 Å². The summed E-state index contributed by atoms with van der Waals surface area (Å²) in [6, 6.07) is 27.4. The normalized spacial score (nSPS) is 14.0. The first-order valence-corrected chi connectivity index (χ1v) is 12.6. The third-order valence-electron chi connectivity index (χ3n) is 6.35. The van der Waals surface area contributed by atoms with E-state index in [4.69, 9.17) is 24.7 Å². The Morgan fingerprint density at radius 1 is 0.975 bits per heavy atom. The molecule has 0 fully saturated rings. The van der Waals surface area contributed by atoms with Crippen LogP contribution in [0.3, 0.4) is 0 Å². The standard InChI is InChI=1S/C32H25FN2O5/c1-2-37-29-16-21(12-15-27(29)38-19-22-10-6-7-11-26(22)33)30-24-14-13-23(17-28(24)40-31(35)25(30)18-34)39-32(36)20-8-4-3-5-9-20/h3-17,30H,2,19,35H2,1H3. The minimum absolute atomic E-state index is 0.0208. The number of rotatable bonds is 8. The smallest absolute Gasteiger partial charge is 0.343 e. The predicted octanol–water partition coefficient (Wildman–Crippen LogP) is 6.24. The monoisotopic (exact) mass is 536 g/mol. The van der Waals surface area contributed by atoms with Crippen molar-refractivity contribution < 1.29 is 28.1 Å². The van der Waals surface area contributed by atoms with Crippen LogP contribution in [0.5, 0.6) is 23.0 Å². The highest BCUT2D eigenvalue weighted by molar-refractivity contribution is 5.91. The van der Waals surface area contributed by atoms with Crippen molar-refractivity contribution in [1.29, 1.82) is 5.26 Å². The van der Waals surface area contributed by atoms with Gasteiger partial charge < -0.3 is 24.7 Å². The molecule has 4 aromatic carbocycles. The molecule has 4 aromatic rings. The van der Waals surface area contributed by atoms with E-state index in [2.05, 4.69) is 6.07 Å². The summed E-state index contributed by atoms with van der Waals surface area (Å²) >= 11 is 0. The van der Waals surface area contributed by atoms with Crippen LogP contribution >= 0.6 is 0 Å². The maximum absolute atomic E-state index is 14.1. The molecule has 0 radical (unpaired) electrons. The van der Waals surface area contributed by atoms with Gasteiger partial charge in [0.15, 0.2) is 11.5 Å². The van der Waals surface area contributed by atoms with Gasteiger partial charge in [-0.2, -0.15) is 5.26 Å². The van der Waals surface area contributed by atoms with Crippen molar-refractivity contribution >= 4 is 5.97 Å². The van der Waals surface area contributed by atoms with Gasteiger partial charge in [-0.25, -0.2) is 9.18 Å². The number of hydrogen-bond acceptors (Lipinski definition) is 7. The first-order chi connectivity index (χ1) is 19.5. The van der Waals surface area contributed by atoms with Crippen LogP contribution in [0.2, 0.25) is 0 Å². The number of carbonyl (C=O) groups excluding carboxylic acids is 1. The van der Waals surface area contributed by atoms with Gasteiger partial charge in [0.1, 0.15) is 35.6 Å². The minimum Gasteiger partial charge on any atom is -0.490 e. The number of hydrogen-bond donors (Lipinski definition) is 1. The molecule has 0 aliphatic carbocycles. The van der Waals surface area contributed by atoms with Crippen molar-refractivity contribution in [2.45, 2.75) is 19.4 Å². The summed E-state index contributed by atoms with van der Waals surface area (Å²) in [6.07, 6.45) is 0. The van der Waals surface area contributed by atoms with Crippen molar-refractivity contribution in [3.8, 4) is 29.1 Å². The molecule has 1 atom stereocenters. The average molecular weight is 537 g/mol. The fourth-order valence-corrected chi connectivity index (χ4v) is 4.45. The number of ether oxygens (including phenoxy) is 4. The Hall–Kier alpha value is -5.29. The number of allylic oxidation sites excluding steroid dienone is 1. The zero-order valence-electron chi connectivity index (χ0n) is 21.6. The molecule has 8 heteroatoms. The zero-order valence-corrected chi connectivity index (χ0v) is 21.6. The van der Waals surface area contributed by atoms with Crippen LogP contribution in [0.15, 0.2) is 102 Å². The van der Waals surface area contributed by atoms with E-state index >= 15 is 0 Å². The molecule has 1 aliphatic heterocycles. The molecule has 0 saturated carbocycles. The molecule has 200 valence electrons. The third kappa shape index (κ3) is 5.45. The number of nitrogens with zero attached hydrogens (tertiary/aromatic N) is 1. The molecular weight excluding hydrogens is 511 g/mol. The van der Waals surface area contributed by atoms with E-state index in [-0.39, 0.29) is 29.6 Å². The van der Waals surface area contributed by atoms with Crippen LogP contribution in [-0.4, -0.2) is 12.6 Å². The lowest BCUT2D eigenvalue weighted by molar-refractivity contribution is 0.0734. The van der Waals surface area contributed by atoms with E-state index in [0.29, 0.717) is 46.1 Å². The second-order valence-electron chi connectivity index (χ2n) is 8.90. The number of halogens is 1. The summed E-state index contributed by atoms with van der Waals surface area (Å²) in [5.41, 5.74) is 8.58. The molecule has 5 rings (SSSR count). The molecule has 7 nitrogen and oxygen atoms in total. The van der Waals surface area contributed by atoms with Gasteiger partial charge in [0.05, 0.1) is 18.1 Å². The minimum atomic E-state index is -0.576. The fraction of sp³-hybridized carbons (Fsp3) is 0.125. The Bertz CT molecular complexity index is 1630. The van der Waals surface area contributed by atoms with Crippen LogP contribution in [0.1, 0.15) is 39.9 Å². The van der Waals surface area contributed by atoms with Crippen LogP contribution in [0.4, 0.5) is 4.39 Å². The lowest BCUT2D eigenvalue weighted by Gasteiger charge is -2.27. The molecular formula is C32H25FN2O5. The quantitative estimate of drug-likeness (QED) is 0.210. The number of carbonyl (C=O) groups is 1. The summed E-state index contributed by atoms with van der Waals surface area (Å²) in [5.74, 6) is -0.000134. The second kappa shape index (κ2) is 11.6. The third-order valence-corrected chi connectivity index (χ3v) is 6.35. The van der Waals surface area contributed by atoms with Gasteiger partial charge in [0, 0.05) is 17.2 Å². The topological polar surface area (TPSA) is 104 Å². The molecule has 0 aromatic heterocycles. The van der Waals surface area contributed by atoms with Crippen LogP contribution in [0, 0.1) is 17.1 Å². The Morgan fingerprint density at radius 2 is 1.75 bits per heavy atom. The van der Waals surface area contributed by atoms with Crippen molar-refractivity contribution in [2.75, 3.05) is 6.61 Å². The molecule has 0 amide bonds. The van der Waals surface area contributed by atoms with E-state index in [1.165, 1.54) is 6.07 Å². The van der Waals surface area contributed by atoms with Crippen LogP contribution in [-0.2, 0) is 6.61 Å². The number of esters is 1. The van der Waals surface area contributed by atoms with Gasteiger partial charge in [0.25, 0.3) is 0 Å². The maximum atomic E-state index is 14.1. The van der Waals surface area contributed by atoms with E-state index in [1.54, 1.807) is 78.9 Å². The molecule has 0 spiro atoms. The maximum Gasteiger partial charge on any atom is 0.343 e. The number of fused-ring (bicyclic) bond motifs is 1. The van der Waals surface area contributed by atoms with Gasteiger partial charge >= 0.3 is 5.97 Å². The molecule has 2 N–H and O–H groups in total. The number of nitrogens with two attached hydrogens (primary N) is 1. The van der Waals surface area contributed by atoms with Gasteiger partial charge in [-0.05, 0) is 48.9 Å². The van der Waals surface area contributed by atoms with Crippen molar-refractivity contribution in [3.05, 3.63) is 131 Å². The lowest BCUT2D eigenvalue weighted by atomic mass is 9.83. The Balaban J connectivity index is 1.46. The summed E-state index contributed by atoms with van der Waals surface area (Å²) in [6.45, 7) is 2.23. The Kier molecular flexibility index (Phi) is 7.65. The highest BCUT2D eigenvalue weighted by Crippen LogP contribution is 2.45. The fourth-order valence-electron chi connectivity index (χ4n) is 4.45. The summed E-state index contributed by atoms with van der Waals surface area (Å²) in [7, 11) is 0. The predicted molar refractivity (Wildman–Crippen MR) is 145 cm³/mol. The Morgan fingerprint density at radius 3 is 2.50 bits per heavy atom. The van der Waals surface area contributed by atoms with Crippen molar-refractivity contribution in [2.24, 2.45) is 5.73 Å². The molecule has 1 aliphatic rings. The summed E-state index contributed by atoms with van der Waals surface area (Å²) in [4.78, 5) is 12.5. The van der Waals surface area contributed by atoms with Gasteiger partial charge in [0.2, 0.25) is 5.88 Å². The molecule has 1 heterocycles. The average Bonchev–Trinajstić information content (AvgIpc) is 2.97. The highest BCUT2D eigenvalue weighted by atomic mass is 19.1. The second-order valence-corrected chi connectivity index (χ2v) is 8.90. The van der Waals surface area contributed by atoms with Gasteiger partial charge in [-0.15, -0.1) is 0 Å². The van der Waals surface area contributed by atoms with E-state index in [9.17, 15) is 14.4 Å². The molecule has 0 bridgehead atoms. The molecule has 40 heavy (non-hydrogen) atoms. The van der Waals surface area contributed by atoms with Crippen LogP contribution in [0.25, 0.3) is 0 Å². The first kappa shape index (κ1) is 26.3. The van der Waals surface area contributed by atoms with E-state index < -0.39 is 11.9 Å². The zero-order chi connectivity index (χ0) is 28.1. The number of nitriles is 1. The Labute approximate surface area is 230 Å². The molecule has 0 saturated heterocycles. The van der Waals surface area contributed by atoms with Gasteiger partial charge in [-0.1, -0.05) is 48.5 Å². The summed E-state index contributed by atoms with van der Waals surface area (Å²) < 4.78 is 37.1. The number of benzene rings is 4. The van der Waals surface area contributed by atoms with Crippen molar-refractivity contribution in [3.63, 3.8) is 0 Å². The largest absolute Gasteiger partial charge is 0.490 e. The van der Waals surface area contributed by atoms with Gasteiger partial charge in [-0.3, -0.25) is 0 Å². The first-order valence-electron chi connectivity index (χ1n) is 12.6. The molecule has 1 unspecified atom stereocenters. The van der Waals surface area contributed by atoms with E-state index in [0.717, 1.165) is 0 Å². The lowest BCUT2D eigenvalue weighted by Crippen LogP contribution is -2.21.